The predicted molar refractivity (Wildman–Crippen MR) is 98.4 cm³/mol. The van der Waals surface area contributed by atoms with Crippen molar-refractivity contribution in [3.63, 3.8) is 0 Å². The lowest BCUT2D eigenvalue weighted by atomic mass is 9.95. The Kier molecular flexibility index (Phi) is 6.25. The minimum absolute atomic E-state index is 0. The molecular formula is C20H25Cl2N3O. The van der Waals surface area contributed by atoms with Crippen LogP contribution in [0.2, 0.25) is 5.02 Å². The molecule has 140 valence electrons. The number of nitrogens with one attached hydrogen (secondary N) is 1. The van der Waals surface area contributed by atoms with E-state index in [2.05, 4.69) is 32.8 Å². The van der Waals surface area contributed by atoms with Gasteiger partial charge >= 0.3 is 0 Å². The number of halogens is 2. The van der Waals surface area contributed by atoms with E-state index in [-0.39, 0.29) is 18.3 Å². The SMILES string of the molecule is O=C(C[n+]1cc(-c2ccc(Cl)cc2)n2c1CCC2)NC1CCCCC1.[Cl-]. The standard InChI is InChI=1S/C20H24ClN3O.ClH/c21-16-10-8-15(9-11-16)18-13-23(20-7-4-12-24(18)20)14-19(25)22-17-5-2-1-3-6-17;/h8-11,13,17H,1-7,12,14H2;1H. The molecule has 0 bridgehead atoms. The van der Waals surface area contributed by atoms with Crippen molar-refractivity contribution in [3.8, 4) is 11.3 Å². The Labute approximate surface area is 166 Å². The van der Waals surface area contributed by atoms with Gasteiger partial charge < -0.3 is 17.7 Å². The first-order valence-corrected chi connectivity index (χ1v) is 9.75. The van der Waals surface area contributed by atoms with Gasteiger partial charge in [0.05, 0.1) is 13.0 Å². The number of nitrogens with zero attached hydrogens (tertiary/aromatic N) is 2. The van der Waals surface area contributed by atoms with Crippen molar-refractivity contribution < 1.29 is 21.8 Å². The number of amides is 1. The molecule has 2 aliphatic rings. The van der Waals surface area contributed by atoms with Gasteiger partial charge in [0, 0.05) is 16.6 Å². The van der Waals surface area contributed by atoms with Crippen LogP contribution in [0, 0.1) is 0 Å². The average Bonchev–Trinajstić information content (AvgIpc) is 3.21. The Balaban J connectivity index is 0.00000196. The second kappa shape index (κ2) is 8.45. The summed E-state index contributed by atoms with van der Waals surface area (Å²) in [4.78, 5) is 12.5. The fraction of sp³-hybridized carbons (Fsp3) is 0.500. The van der Waals surface area contributed by atoms with E-state index < -0.39 is 0 Å². The van der Waals surface area contributed by atoms with Gasteiger partial charge in [0.25, 0.3) is 11.7 Å². The van der Waals surface area contributed by atoms with Crippen molar-refractivity contribution in [1.82, 2.24) is 9.88 Å². The largest absolute Gasteiger partial charge is 1.00 e. The summed E-state index contributed by atoms with van der Waals surface area (Å²) in [6.07, 6.45) is 10.3. The zero-order valence-electron chi connectivity index (χ0n) is 14.9. The Morgan fingerprint density at radius 3 is 2.62 bits per heavy atom. The van der Waals surface area contributed by atoms with Gasteiger partial charge in [-0.1, -0.05) is 30.9 Å². The van der Waals surface area contributed by atoms with Gasteiger partial charge in [-0.2, -0.15) is 0 Å². The normalized spacial score (nSPS) is 16.8. The van der Waals surface area contributed by atoms with Gasteiger partial charge in [0.2, 0.25) is 0 Å². The third-order valence-electron chi connectivity index (χ3n) is 5.42. The number of rotatable bonds is 4. The van der Waals surface area contributed by atoms with Crippen molar-refractivity contribution in [3.05, 3.63) is 41.3 Å². The number of hydrogen-bond donors (Lipinski definition) is 1. The molecule has 1 aliphatic carbocycles. The third kappa shape index (κ3) is 4.07. The van der Waals surface area contributed by atoms with Gasteiger partial charge in [-0.25, -0.2) is 9.13 Å². The van der Waals surface area contributed by atoms with Crippen LogP contribution >= 0.6 is 11.6 Å². The zero-order valence-corrected chi connectivity index (χ0v) is 16.4. The van der Waals surface area contributed by atoms with E-state index in [0.717, 1.165) is 42.8 Å². The van der Waals surface area contributed by atoms with Crippen LogP contribution in [0.3, 0.4) is 0 Å². The van der Waals surface area contributed by atoms with Crippen molar-refractivity contribution >= 4 is 17.5 Å². The summed E-state index contributed by atoms with van der Waals surface area (Å²) < 4.78 is 4.48. The molecule has 1 saturated carbocycles. The lowest BCUT2D eigenvalue weighted by Gasteiger charge is -2.22. The highest BCUT2D eigenvalue weighted by Gasteiger charge is 2.30. The van der Waals surface area contributed by atoms with E-state index in [1.54, 1.807) is 0 Å². The van der Waals surface area contributed by atoms with Gasteiger partial charge in [-0.3, -0.25) is 4.79 Å². The first kappa shape index (κ1) is 19.2. The summed E-state index contributed by atoms with van der Waals surface area (Å²) in [6.45, 7) is 1.43. The van der Waals surface area contributed by atoms with Crippen LogP contribution in [-0.2, 0) is 24.3 Å². The maximum atomic E-state index is 12.5. The molecule has 1 aliphatic heterocycles. The number of benzene rings is 1. The van der Waals surface area contributed by atoms with E-state index in [1.165, 1.54) is 30.8 Å². The molecule has 6 heteroatoms. The van der Waals surface area contributed by atoms with Crippen LogP contribution in [0.5, 0.6) is 0 Å². The molecule has 1 aromatic heterocycles. The number of aromatic nitrogens is 2. The number of imidazole rings is 1. The van der Waals surface area contributed by atoms with Gasteiger partial charge in [0.15, 0.2) is 12.2 Å². The molecule has 1 aromatic carbocycles. The Bertz CT molecular complexity index is 764. The second-order valence-electron chi connectivity index (χ2n) is 7.22. The van der Waals surface area contributed by atoms with E-state index >= 15 is 0 Å². The van der Waals surface area contributed by atoms with Crippen molar-refractivity contribution in [2.45, 2.75) is 64.1 Å². The fourth-order valence-corrected chi connectivity index (χ4v) is 4.30. The summed E-state index contributed by atoms with van der Waals surface area (Å²) in [5, 5.41) is 3.98. The van der Waals surface area contributed by atoms with Gasteiger partial charge in [-0.05, 0) is 43.5 Å². The smallest absolute Gasteiger partial charge is 0.262 e. The number of carbonyl (C=O) groups is 1. The highest BCUT2D eigenvalue weighted by molar-refractivity contribution is 6.30. The van der Waals surface area contributed by atoms with Crippen LogP contribution in [-0.4, -0.2) is 16.5 Å². The van der Waals surface area contributed by atoms with E-state index in [9.17, 15) is 4.79 Å². The molecule has 0 atom stereocenters. The van der Waals surface area contributed by atoms with Crippen molar-refractivity contribution in [2.75, 3.05) is 0 Å². The predicted octanol–water partition coefficient (Wildman–Crippen LogP) is 0.495. The lowest BCUT2D eigenvalue weighted by Crippen LogP contribution is -3.00. The minimum atomic E-state index is 0. The minimum Gasteiger partial charge on any atom is -1.00 e. The first-order chi connectivity index (χ1) is 12.2. The molecule has 0 saturated heterocycles. The van der Waals surface area contributed by atoms with Crippen LogP contribution in [0.15, 0.2) is 30.5 Å². The average molecular weight is 394 g/mol. The second-order valence-corrected chi connectivity index (χ2v) is 7.66. The van der Waals surface area contributed by atoms with Crippen LogP contribution in [0.1, 0.15) is 44.3 Å². The zero-order chi connectivity index (χ0) is 17.2. The van der Waals surface area contributed by atoms with E-state index in [1.807, 2.05) is 12.1 Å². The van der Waals surface area contributed by atoms with Crippen molar-refractivity contribution in [2.24, 2.45) is 0 Å². The van der Waals surface area contributed by atoms with Crippen LogP contribution < -0.4 is 22.3 Å². The van der Waals surface area contributed by atoms with Gasteiger partial charge in [-0.15, -0.1) is 0 Å². The third-order valence-corrected chi connectivity index (χ3v) is 5.67. The van der Waals surface area contributed by atoms with E-state index in [4.69, 9.17) is 11.6 Å². The number of fused-ring (bicyclic) bond motifs is 1. The molecule has 0 spiro atoms. The monoisotopic (exact) mass is 393 g/mol. The molecular weight excluding hydrogens is 369 g/mol. The van der Waals surface area contributed by atoms with E-state index in [0.29, 0.717) is 12.6 Å². The molecule has 1 N–H and O–H groups in total. The quantitative estimate of drug-likeness (QED) is 0.754. The van der Waals surface area contributed by atoms with Crippen LogP contribution in [0.25, 0.3) is 11.3 Å². The molecule has 2 aromatic rings. The molecule has 26 heavy (non-hydrogen) atoms. The Morgan fingerprint density at radius 1 is 1.15 bits per heavy atom. The lowest BCUT2D eigenvalue weighted by molar-refractivity contribution is -0.690. The highest BCUT2D eigenvalue weighted by atomic mass is 35.5. The summed E-state index contributed by atoms with van der Waals surface area (Å²) >= 11 is 6.02. The van der Waals surface area contributed by atoms with Crippen molar-refractivity contribution in [1.29, 1.82) is 0 Å². The van der Waals surface area contributed by atoms with Crippen LogP contribution in [0.4, 0.5) is 0 Å². The number of hydrogen-bond acceptors (Lipinski definition) is 1. The molecule has 0 radical (unpaired) electrons. The maximum absolute atomic E-state index is 12.5. The first-order valence-electron chi connectivity index (χ1n) is 9.38. The molecule has 1 fully saturated rings. The Morgan fingerprint density at radius 2 is 1.88 bits per heavy atom. The summed E-state index contributed by atoms with van der Waals surface area (Å²) in [7, 11) is 0. The number of carbonyl (C=O) groups excluding carboxylic acids is 1. The molecule has 0 unspecified atom stereocenters. The summed E-state index contributed by atoms with van der Waals surface area (Å²) in [5.74, 6) is 1.39. The maximum Gasteiger partial charge on any atom is 0.262 e. The summed E-state index contributed by atoms with van der Waals surface area (Å²) in [5.41, 5.74) is 2.33. The molecule has 1 amide bonds. The van der Waals surface area contributed by atoms with Gasteiger partial charge in [0.1, 0.15) is 6.20 Å². The fourth-order valence-electron chi connectivity index (χ4n) is 4.17. The highest BCUT2D eigenvalue weighted by Crippen LogP contribution is 2.26. The summed E-state index contributed by atoms with van der Waals surface area (Å²) in [6, 6.07) is 8.32. The molecule has 4 nitrogen and oxygen atoms in total. The Hall–Kier alpha value is -1.52. The molecule has 4 rings (SSSR count). The topological polar surface area (TPSA) is 37.9 Å². The molecule has 2 heterocycles.